The highest BCUT2D eigenvalue weighted by molar-refractivity contribution is 7.16. The monoisotopic (exact) mass is 217 g/mol. The van der Waals surface area contributed by atoms with Gasteiger partial charge in [-0.05, 0) is 25.0 Å². The maximum atomic E-state index is 9.05. The van der Waals surface area contributed by atoms with E-state index in [-0.39, 0.29) is 12.1 Å². The van der Waals surface area contributed by atoms with Gasteiger partial charge in [0.1, 0.15) is 0 Å². The summed E-state index contributed by atoms with van der Waals surface area (Å²) in [6.45, 7) is 1.06. The number of hydrogen-bond donors (Lipinski definition) is 2. The van der Waals surface area contributed by atoms with E-state index in [1.165, 1.54) is 4.88 Å². The summed E-state index contributed by atoms with van der Waals surface area (Å²) in [6.07, 6.45) is 2.17. The molecule has 2 nitrogen and oxygen atoms in total. The van der Waals surface area contributed by atoms with Crippen LogP contribution in [0.25, 0.3) is 0 Å². The number of aliphatic hydroxyl groups excluding tert-OH is 1. The lowest BCUT2D eigenvalue weighted by molar-refractivity contribution is 0.230. The molecule has 72 valence electrons. The minimum Gasteiger partial charge on any atom is -0.394 e. The minimum absolute atomic E-state index is 0.0243. The summed E-state index contributed by atoms with van der Waals surface area (Å²) >= 11 is 7.39. The first-order valence-electron chi connectivity index (χ1n) is 4.34. The number of aliphatic hydroxyl groups is 1. The summed E-state index contributed by atoms with van der Waals surface area (Å²) in [4.78, 5) is 1.23. The van der Waals surface area contributed by atoms with Gasteiger partial charge in [-0.3, -0.25) is 0 Å². The van der Waals surface area contributed by atoms with Crippen LogP contribution >= 0.6 is 22.9 Å². The van der Waals surface area contributed by atoms with E-state index in [0.717, 1.165) is 23.7 Å². The zero-order chi connectivity index (χ0) is 9.31. The molecular weight excluding hydrogens is 206 g/mol. The van der Waals surface area contributed by atoms with E-state index in [1.807, 2.05) is 12.1 Å². The molecule has 0 aromatic carbocycles. The van der Waals surface area contributed by atoms with Gasteiger partial charge in [0.25, 0.3) is 0 Å². The van der Waals surface area contributed by atoms with Crippen LogP contribution in [0.15, 0.2) is 12.1 Å². The van der Waals surface area contributed by atoms with E-state index < -0.39 is 0 Å². The predicted octanol–water partition coefficient (Wildman–Crippen LogP) is 2.02. The van der Waals surface area contributed by atoms with Gasteiger partial charge in [-0.2, -0.15) is 0 Å². The average Bonchev–Trinajstić information content (AvgIpc) is 2.81. The van der Waals surface area contributed by atoms with E-state index in [1.54, 1.807) is 11.3 Å². The first kappa shape index (κ1) is 9.46. The summed E-state index contributed by atoms with van der Waals surface area (Å²) in [5.74, 6) is 0. The van der Waals surface area contributed by atoms with Crippen molar-refractivity contribution in [1.82, 2.24) is 5.32 Å². The molecule has 1 aromatic rings. The van der Waals surface area contributed by atoms with Crippen molar-refractivity contribution in [2.45, 2.75) is 24.9 Å². The van der Waals surface area contributed by atoms with Gasteiger partial charge in [-0.15, -0.1) is 11.3 Å². The molecule has 0 saturated heterocycles. The van der Waals surface area contributed by atoms with Crippen LogP contribution in [0, 0.1) is 0 Å². The third-order valence-electron chi connectivity index (χ3n) is 2.42. The van der Waals surface area contributed by atoms with Gasteiger partial charge in [0.2, 0.25) is 0 Å². The number of thiophene rings is 1. The Balaban J connectivity index is 1.86. The van der Waals surface area contributed by atoms with Gasteiger partial charge in [0.05, 0.1) is 10.9 Å². The van der Waals surface area contributed by atoms with Gasteiger partial charge in [0.15, 0.2) is 0 Å². The fraction of sp³-hybridized carbons (Fsp3) is 0.556. The van der Waals surface area contributed by atoms with E-state index >= 15 is 0 Å². The third kappa shape index (κ3) is 2.23. The number of rotatable bonds is 4. The van der Waals surface area contributed by atoms with Gasteiger partial charge in [0, 0.05) is 17.0 Å². The summed E-state index contributed by atoms with van der Waals surface area (Å²) in [5.41, 5.74) is 0.0243. The predicted molar refractivity (Wildman–Crippen MR) is 55.2 cm³/mol. The zero-order valence-electron chi connectivity index (χ0n) is 7.22. The Bertz CT molecular complexity index is 296. The Morgan fingerprint density at radius 2 is 2.31 bits per heavy atom. The van der Waals surface area contributed by atoms with Crippen molar-refractivity contribution in [3.05, 3.63) is 21.3 Å². The summed E-state index contributed by atoms with van der Waals surface area (Å²) in [5, 5.41) is 12.4. The van der Waals surface area contributed by atoms with E-state index in [0.29, 0.717) is 0 Å². The average molecular weight is 218 g/mol. The van der Waals surface area contributed by atoms with E-state index in [9.17, 15) is 0 Å². The molecule has 0 unspecified atom stereocenters. The lowest BCUT2D eigenvalue weighted by atomic mass is 10.3. The van der Waals surface area contributed by atoms with Crippen molar-refractivity contribution < 1.29 is 5.11 Å². The number of hydrogen-bond acceptors (Lipinski definition) is 3. The highest BCUT2D eigenvalue weighted by atomic mass is 35.5. The molecule has 13 heavy (non-hydrogen) atoms. The van der Waals surface area contributed by atoms with Crippen LogP contribution in [0.1, 0.15) is 17.7 Å². The maximum Gasteiger partial charge on any atom is 0.0931 e. The molecule has 0 amide bonds. The molecule has 0 spiro atoms. The number of nitrogens with one attached hydrogen (secondary N) is 1. The largest absolute Gasteiger partial charge is 0.394 e. The smallest absolute Gasteiger partial charge is 0.0931 e. The topological polar surface area (TPSA) is 32.3 Å². The summed E-state index contributed by atoms with van der Waals surface area (Å²) < 4.78 is 0.825. The van der Waals surface area contributed by atoms with Crippen molar-refractivity contribution >= 4 is 22.9 Å². The minimum atomic E-state index is 0.0243. The first-order valence-corrected chi connectivity index (χ1v) is 5.54. The zero-order valence-corrected chi connectivity index (χ0v) is 8.79. The summed E-state index contributed by atoms with van der Waals surface area (Å²) in [7, 11) is 0. The quantitative estimate of drug-likeness (QED) is 0.809. The second-order valence-corrected chi connectivity index (χ2v) is 5.30. The van der Waals surface area contributed by atoms with Gasteiger partial charge in [-0.1, -0.05) is 11.6 Å². The van der Waals surface area contributed by atoms with Crippen LogP contribution in [0.3, 0.4) is 0 Å². The van der Waals surface area contributed by atoms with Crippen molar-refractivity contribution in [2.24, 2.45) is 0 Å². The highest BCUT2D eigenvalue weighted by Crippen LogP contribution is 2.35. The van der Waals surface area contributed by atoms with Crippen LogP contribution in [0.4, 0.5) is 0 Å². The van der Waals surface area contributed by atoms with Gasteiger partial charge >= 0.3 is 0 Å². The fourth-order valence-corrected chi connectivity index (χ4v) is 2.29. The fourth-order valence-electron chi connectivity index (χ4n) is 1.26. The van der Waals surface area contributed by atoms with Crippen LogP contribution in [0.5, 0.6) is 0 Å². The third-order valence-corrected chi connectivity index (χ3v) is 3.65. The second-order valence-electron chi connectivity index (χ2n) is 3.50. The molecule has 1 aliphatic rings. The molecular formula is C9H12ClNOS. The van der Waals surface area contributed by atoms with Crippen LogP contribution in [-0.2, 0) is 6.54 Å². The standard InChI is InChI=1S/C9H12ClNOS/c10-8-2-1-7(13-8)5-11-9(6-12)3-4-9/h1-2,11-12H,3-6H2. The Morgan fingerprint density at radius 1 is 1.54 bits per heavy atom. The molecule has 0 bridgehead atoms. The Morgan fingerprint density at radius 3 is 2.77 bits per heavy atom. The van der Waals surface area contributed by atoms with Crippen molar-refractivity contribution in [2.75, 3.05) is 6.61 Å². The van der Waals surface area contributed by atoms with Gasteiger partial charge < -0.3 is 10.4 Å². The highest BCUT2D eigenvalue weighted by Gasteiger charge is 2.41. The number of halogens is 1. The molecule has 1 aromatic heterocycles. The van der Waals surface area contributed by atoms with Crippen LogP contribution in [-0.4, -0.2) is 17.3 Å². The van der Waals surface area contributed by atoms with E-state index in [4.69, 9.17) is 16.7 Å². The van der Waals surface area contributed by atoms with Gasteiger partial charge in [-0.25, -0.2) is 0 Å². The van der Waals surface area contributed by atoms with Crippen molar-refractivity contribution in [1.29, 1.82) is 0 Å². The molecule has 2 rings (SSSR count). The first-order chi connectivity index (χ1) is 6.24. The Hall–Kier alpha value is -0.0900. The molecule has 0 atom stereocenters. The lowest BCUT2D eigenvalue weighted by Gasteiger charge is -2.12. The molecule has 0 aliphatic heterocycles. The van der Waals surface area contributed by atoms with E-state index in [2.05, 4.69) is 5.32 Å². The molecule has 1 fully saturated rings. The lowest BCUT2D eigenvalue weighted by Crippen LogP contribution is -2.33. The second kappa shape index (κ2) is 3.58. The normalized spacial score (nSPS) is 18.9. The van der Waals surface area contributed by atoms with Crippen molar-refractivity contribution in [3.63, 3.8) is 0 Å². The molecule has 2 N–H and O–H groups in total. The van der Waals surface area contributed by atoms with Crippen LogP contribution < -0.4 is 5.32 Å². The molecule has 1 aliphatic carbocycles. The maximum absolute atomic E-state index is 9.05. The summed E-state index contributed by atoms with van der Waals surface area (Å²) in [6, 6.07) is 3.93. The molecule has 1 saturated carbocycles. The Labute approximate surface area is 86.5 Å². The molecule has 1 heterocycles. The Kier molecular flexibility index (Phi) is 2.60. The molecule has 4 heteroatoms. The molecule has 0 radical (unpaired) electrons. The SMILES string of the molecule is OCC1(NCc2ccc(Cl)s2)CC1. The van der Waals surface area contributed by atoms with Crippen LogP contribution in [0.2, 0.25) is 4.34 Å². The van der Waals surface area contributed by atoms with Crippen molar-refractivity contribution in [3.8, 4) is 0 Å².